The number of rotatable bonds is 25. The second-order valence-electron chi connectivity index (χ2n) is 19.6. The fraction of sp³-hybridized carbons (Fsp3) is 0.686. The number of cyclic esters (lactones) is 1. The number of fused-ring (bicyclic) bond motifs is 2. The van der Waals surface area contributed by atoms with E-state index in [1.54, 1.807) is 0 Å². The van der Waals surface area contributed by atoms with Gasteiger partial charge in [0.2, 0.25) is 47.3 Å². The molecule has 10 amide bonds. The summed E-state index contributed by atoms with van der Waals surface area (Å²) in [4.78, 5) is 164. The third-order valence-corrected chi connectivity index (χ3v) is 13.1. The molecule has 19 N–H and O–H groups in total. The van der Waals surface area contributed by atoms with Crippen LogP contribution in [0, 0.1) is 0 Å². The van der Waals surface area contributed by atoms with Gasteiger partial charge < -0.3 is 90.0 Å². The predicted molar refractivity (Wildman–Crippen MR) is 286 cm³/mol. The average molecular weight is 1150 g/mol. The largest absolute Gasteiger partial charge is 0.479 e. The maximum Gasteiger partial charge on any atom is 0.354 e. The number of ether oxygens (including phenoxy) is 1. The van der Waals surface area contributed by atoms with Gasteiger partial charge in [-0.1, -0.05) is 70.8 Å². The number of carbonyl (C=O) groups excluding carboxylic acids is 11. The van der Waals surface area contributed by atoms with Crippen LogP contribution in [-0.4, -0.2) is 195 Å². The van der Waals surface area contributed by atoms with Crippen LogP contribution in [0.5, 0.6) is 0 Å². The highest BCUT2D eigenvalue weighted by Crippen LogP contribution is 2.22. The Balaban J connectivity index is 2.70. The van der Waals surface area contributed by atoms with Crippen LogP contribution in [0.15, 0.2) is 23.5 Å². The van der Waals surface area contributed by atoms with Gasteiger partial charge in [-0.05, 0) is 78.1 Å². The summed E-state index contributed by atoms with van der Waals surface area (Å²) in [5.41, 5.74) is 15.5. The molecular formula is C51H84N12O18. The first-order valence-corrected chi connectivity index (χ1v) is 27.3. The molecule has 0 aromatic carbocycles. The third kappa shape index (κ3) is 23.6. The molecule has 0 aromatic rings. The Morgan fingerprint density at radius 3 is 1.81 bits per heavy atom. The molecule has 2 heterocycles. The van der Waals surface area contributed by atoms with Crippen molar-refractivity contribution in [2.24, 2.45) is 17.2 Å². The number of aliphatic hydroxyl groups is 4. The van der Waals surface area contributed by atoms with E-state index in [4.69, 9.17) is 21.9 Å². The second-order valence-corrected chi connectivity index (χ2v) is 19.6. The lowest BCUT2D eigenvalue weighted by atomic mass is 10.0. The SMILES string of the molecule is C/C=C1\NC(=O)[C@H]([C@H](C)O)NC(=O)[C@H](CCN)NC(=O)[C@H](CCCCN)N2C(=O)C[C@H](NC(=O)[C@@H](CCN)NC(=O)[C@@H](NC(=O)C[C@H](O)CCCCCCCCCCC)COC(=O)/C(=C\CO)NC(=O)[C@H]([C@H](O)C(=O)O)NC1=O)C2=O. The van der Waals surface area contributed by atoms with E-state index in [0.717, 1.165) is 64.4 Å². The van der Waals surface area contributed by atoms with Crippen molar-refractivity contribution in [3.05, 3.63) is 23.5 Å². The van der Waals surface area contributed by atoms with Gasteiger partial charge in [-0.3, -0.25) is 52.8 Å². The van der Waals surface area contributed by atoms with Crippen LogP contribution in [0.4, 0.5) is 0 Å². The zero-order valence-electron chi connectivity index (χ0n) is 46.2. The topological polar surface area (TPSA) is 493 Å². The predicted octanol–water partition coefficient (Wildman–Crippen LogP) is -5.08. The highest BCUT2D eigenvalue weighted by molar-refractivity contribution is 6.10. The van der Waals surface area contributed by atoms with Crippen molar-refractivity contribution < 1.29 is 87.8 Å². The van der Waals surface area contributed by atoms with Crippen molar-refractivity contribution in [3.8, 4) is 0 Å². The Kier molecular flexibility index (Phi) is 32.2. The lowest BCUT2D eigenvalue weighted by Crippen LogP contribution is -2.60. The van der Waals surface area contributed by atoms with Crippen molar-refractivity contribution in [3.63, 3.8) is 0 Å². The van der Waals surface area contributed by atoms with Crippen LogP contribution in [0.2, 0.25) is 0 Å². The van der Waals surface area contributed by atoms with Gasteiger partial charge in [-0.15, -0.1) is 0 Å². The lowest BCUT2D eigenvalue weighted by molar-refractivity contribution is -0.152. The van der Waals surface area contributed by atoms with Gasteiger partial charge in [0, 0.05) is 0 Å². The summed E-state index contributed by atoms with van der Waals surface area (Å²) in [5.74, 6) is -15.5. The van der Waals surface area contributed by atoms with Crippen LogP contribution >= 0.6 is 0 Å². The molecule has 0 aromatic heterocycles. The number of imide groups is 1. The van der Waals surface area contributed by atoms with E-state index in [1.165, 1.54) is 6.92 Å². The van der Waals surface area contributed by atoms with E-state index in [2.05, 4.69) is 38.8 Å². The number of nitrogens with one attached hydrogen (secondary N) is 8. The number of hydrogen-bond donors (Lipinski definition) is 16. The van der Waals surface area contributed by atoms with Crippen LogP contribution < -0.4 is 59.7 Å². The van der Waals surface area contributed by atoms with Gasteiger partial charge in [0.25, 0.3) is 11.8 Å². The Morgan fingerprint density at radius 2 is 1.26 bits per heavy atom. The first-order valence-electron chi connectivity index (χ1n) is 27.3. The average Bonchev–Trinajstić information content (AvgIpc) is 3.76. The molecule has 10 atom stereocenters. The van der Waals surface area contributed by atoms with E-state index in [1.807, 2.05) is 10.6 Å². The Bertz CT molecular complexity index is 2250. The monoisotopic (exact) mass is 1150 g/mol. The van der Waals surface area contributed by atoms with Crippen molar-refractivity contribution in [2.75, 3.05) is 32.8 Å². The molecule has 0 spiro atoms. The summed E-state index contributed by atoms with van der Waals surface area (Å²) in [6.07, 6.45) is 3.32. The smallest absolute Gasteiger partial charge is 0.354 e. The molecule has 0 aliphatic carbocycles. The molecule has 2 saturated heterocycles. The fourth-order valence-electron chi connectivity index (χ4n) is 8.58. The number of hydrogen-bond acceptors (Lipinski definition) is 20. The Labute approximate surface area is 469 Å². The minimum atomic E-state index is -2.78. The van der Waals surface area contributed by atoms with Crippen LogP contribution in [0.25, 0.3) is 0 Å². The first kappa shape index (κ1) is 70.1. The van der Waals surface area contributed by atoms with Crippen LogP contribution in [-0.2, 0) is 62.3 Å². The second kappa shape index (κ2) is 37.1. The molecule has 0 saturated carbocycles. The zero-order chi connectivity index (χ0) is 60.8. The Hall–Kier alpha value is -6.96. The third-order valence-electron chi connectivity index (χ3n) is 13.1. The number of carboxylic acid groups (broad SMARTS) is 1. The number of aliphatic carboxylic acids is 1. The van der Waals surface area contributed by atoms with E-state index >= 15 is 0 Å². The Morgan fingerprint density at radius 1 is 0.691 bits per heavy atom. The maximum atomic E-state index is 14.1. The van der Waals surface area contributed by atoms with Crippen molar-refractivity contribution in [2.45, 2.75) is 191 Å². The minimum absolute atomic E-state index is 0.136. The van der Waals surface area contributed by atoms with Gasteiger partial charge in [-0.25, -0.2) is 9.59 Å². The number of esters is 1. The summed E-state index contributed by atoms with van der Waals surface area (Å²) in [7, 11) is 0. The molecule has 30 heteroatoms. The summed E-state index contributed by atoms with van der Waals surface area (Å²) >= 11 is 0. The van der Waals surface area contributed by atoms with Crippen molar-refractivity contribution in [1.82, 2.24) is 47.4 Å². The number of amides is 10. The molecule has 0 radical (unpaired) electrons. The molecule has 0 unspecified atom stereocenters. The minimum Gasteiger partial charge on any atom is -0.479 e. The number of aliphatic hydroxyl groups excluding tert-OH is 4. The van der Waals surface area contributed by atoms with Gasteiger partial charge in [0.15, 0.2) is 6.10 Å². The summed E-state index contributed by atoms with van der Waals surface area (Å²) in [6.45, 7) is 1.82. The van der Waals surface area contributed by atoms with Crippen molar-refractivity contribution >= 4 is 71.0 Å². The number of unbranched alkanes of at least 4 members (excludes halogenated alkanes) is 9. The van der Waals surface area contributed by atoms with Gasteiger partial charge >= 0.3 is 11.9 Å². The van der Waals surface area contributed by atoms with Crippen molar-refractivity contribution in [1.29, 1.82) is 0 Å². The molecule has 2 rings (SSSR count). The molecule has 2 aliphatic rings. The van der Waals surface area contributed by atoms with Crippen LogP contribution in [0.3, 0.4) is 0 Å². The summed E-state index contributed by atoms with van der Waals surface area (Å²) < 4.78 is 5.26. The van der Waals surface area contributed by atoms with Gasteiger partial charge in [-0.2, -0.15) is 0 Å². The number of carbonyl (C=O) groups is 12. The van der Waals surface area contributed by atoms with Gasteiger partial charge in [0.05, 0.1) is 31.7 Å². The lowest BCUT2D eigenvalue weighted by Gasteiger charge is -2.29. The highest BCUT2D eigenvalue weighted by atomic mass is 16.5. The number of nitrogens with two attached hydrogens (primary N) is 3. The molecule has 2 bridgehead atoms. The number of nitrogens with zero attached hydrogens (tertiary/aromatic N) is 1. The molecule has 30 nitrogen and oxygen atoms in total. The van der Waals surface area contributed by atoms with Crippen LogP contribution in [0.1, 0.15) is 130 Å². The molecular weight excluding hydrogens is 1070 g/mol. The molecule has 456 valence electrons. The first-order chi connectivity index (χ1) is 38.5. The number of allylic oxidation sites excluding steroid dienone is 1. The quantitative estimate of drug-likeness (QED) is 0.0176. The molecule has 2 fully saturated rings. The highest BCUT2D eigenvalue weighted by Gasteiger charge is 2.47. The van der Waals surface area contributed by atoms with E-state index in [-0.39, 0.29) is 51.7 Å². The zero-order valence-corrected chi connectivity index (χ0v) is 46.2. The maximum absolute atomic E-state index is 14.1. The summed E-state index contributed by atoms with van der Waals surface area (Å²) in [6, 6.07) is -12.9. The van der Waals surface area contributed by atoms with E-state index < -0.39 is 169 Å². The van der Waals surface area contributed by atoms with E-state index in [9.17, 15) is 83.1 Å². The normalized spacial score (nSPS) is 24.8. The summed E-state index contributed by atoms with van der Waals surface area (Å²) in [5, 5.41) is 69.2. The fourth-order valence-corrected chi connectivity index (χ4v) is 8.58. The number of carboxylic acids is 1. The van der Waals surface area contributed by atoms with Gasteiger partial charge in [0.1, 0.15) is 60.3 Å². The standard InChI is InChI=1S/C51H84N12O18/c1-4-6-7-8-9-10-11-12-13-16-29(66)25-37(67)55-35-27-81-51(80)33(20-24-64)59-48(76)40(41(69)50(78)79)62-42(70)30(5-2)56-47(75)39(28(3)65)61-44(72)32(19-23-54)58-46(74)36(17-14-15-21-52)63-38(68)26-34(49(63)77)60-43(71)31(18-22-53)57-45(35)73/h5,20,28-29,31-32,34-36,39-41,64-66,69H,4,6-19,21-27,52-54H2,1-3H3,(H,55,67)(H,56,75)(H,57,73)(H,58,74)(H,59,76)(H,60,71)(H,61,72)(H,62,70)(H,78,79)/b30-5-,33-20+/t28-,29+,31+,32-,34-,35-,36-,39-,40-,41-/m0/s1. The molecule has 81 heavy (non-hydrogen) atoms. The molecule has 2 aliphatic heterocycles. The van der Waals surface area contributed by atoms with E-state index in [0.29, 0.717) is 23.8 Å².